The summed E-state index contributed by atoms with van der Waals surface area (Å²) < 4.78 is 0.260. The number of nitroso groups, excluding NO2 is 1. The Labute approximate surface area is 116 Å². The van der Waals surface area contributed by atoms with Gasteiger partial charge in [-0.3, -0.25) is 4.79 Å². The molecule has 2 aliphatic rings. The second-order valence-corrected chi connectivity index (χ2v) is 7.02. The molecule has 0 heterocycles. The first-order chi connectivity index (χ1) is 8.00. The van der Waals surface area contributed by atoms with Crippen LogP contribution in [0.4, 0.5) is 0 Å². The molecule has 0 aromatic carbocycles. The highest BCUT2D eigenvalue weighted by Crippen LogP contribution is 2.58. The molecule has 0 N–H and O–H groups in total. The molecule has 0 radical (unpaired) electrons. The Hall–Kier alpha value is -0.0000000000000000555. The SMILES string of the molecule is C[C@H](C(=O)I)C1CCC2C(N=O)CCCC21C. The van der Waals surface area contributed by atoms with Crippen LogP contribution in [0.3, 0.4) is 0 Å². The van der Waals surface area contributed by atoms with Crippen molar-refractivity contribution in [1.29, 1.82) is 0 Å². The lowest BCUT2D eigenvalue weighted by Crippen LogP contribution is -2.41. The molecular weight excluding hydrogens is 329 g/mol. The van der Waals surface area contributed by atoms with E-state index in [9.17, 15) is 9.70 Å². The van der Waals surface area contributed by atoms with Crippen molar-refractivity contribution >= 4 is 26.4 Å². The van der Waals surface area contributed by atoms with Gasteiger partial charge in [0.1, 0.15) is 0 Å². The second-order valence-electron chi connectivity index (χ2n) is 5.95. The third kappa shape index (κ3) is 2.17. The van der Waals surface area contributed by atoms with Gasteiger partial charge in [0, 0.05) is 5.92 Å². The molecule has 0 saturated heterocycles. The quantitative estimate of drug-likeness (QED) is 0.440. The molecular formula is C13H20INO2. The van der Waals surface area contributed by atoms with Crippen molar-refractivity contribution in [3.05, 3.63) is 4.91 Å². The summed E-state index contributed by atoms with van der Waals surface area (Å²) in [6.07, 6.45) is 5.35. The van der Waals surface area contributed by atoms with E-state index in [1.807, 2.05) is 29.5 Å². The molecule has 2 saturated carbocycles. The van der Waals surface area contributed by atoms with Crippen LogP contribution < -0.4 is 0 Å². The monoisotopic (exact) mass is 349 g/mol. The normalized spacial score (nSPS) is 42.9. The van der Waals surface area contributed by atoms with Gasteiger partial charge in [0.25, 0.3) is 0 Å². The number of halogens is 1. The summed E-state index contributed by atoms with van der Waals surface area (Å²) in [7, 11) is 0. The highest BCUT2D eigenvalue weighted by atomic mass is 127. The first-order valence-corrected chi connectivity index (χ1v) is 7.60. The maximum atomic E-state index is 11.6. The maximum absolute atomic E-state index is 11.6. The lowest BCUT2D eigenvalue weighted by Gasteiger charge is -2.44. The van der Waals surface area contributed by atoms with Gasteiger partial charge in [-0.2, -0.15) is 4.91 Å². The van der Waals surface area contributed by atoms with Crippen molar-refractivity contribution < 1.29 is 4.79 Å². The Morgan fingerprint density at radius 1 is 1.41 bits per heavy atom. The van der Waals surface area contributed by atoms with E-state index in [2.05, 4.69) is 12.1 Å². The standard InChI is InChI=1S/C13H20INO2/c1-8(12(14)16)9-5-6-10-11(15-17)4-3-7-13(9,10)2/h8-11H,3-7H2,1-2H3/t8-,9?,10?,11?,13?/m0/s1. The number of carbonyl (C=O) groups is 1. The zero-order chi connectivity index (χ0) is 12.6. The fourth-order valence-electron chi connectivity index (χ4n) is 4.29. The summed E-state index contributed by atoms with van der Waals surface area (Å²) >= 11 is 1.92. The van der Waals surface area contributed by atoms with Crippen molar-refractivity contribution in [3.8, 4) is 0 Å². The van der Waals surface area contributed by atoms with Crippen molar-refractivity contribution in [3.63, 3.8) is 0 Å². The van der Waals surface area contributed by atoms with E-state index in [4.69, 9.17) is 0 Å². The highest BCUT2D eigenvalue weighted by Gasteiger charge is 2.53. The van der Waals surface area contributed by atoms with Crippen LogP contribution >= 0.6 is 22.6 Å². The molecule has 2 fully saturated rings. The van der Waals surface area contributed by atoms with Gasteiger partial charge in [-0.25, -0.2) is 0 Å². The van der Waals surface area contributed by atoms with Crippen LogP contribution in [0.15, 0.2) is 5.18 Å². The zero-order valence-electron chi connectivity index (χ0n) is 10.5. The lowest BCUT2D eigenvalue weighted by atomic mass is 9.61. The van der Waals surface area contributed by atoms with Crippen LogP contribution in [0.2, 0.25) is 0 Å². The highest BCUT2D eigenvalue weighted by molar-refractivity contribution is 14.1. The number of hydrogen-bond donors (Lipinski definition) is 0. The average molecular weight is 349 g/mol. The molecule has 0 spiro atoms. The first-order valence-electron chi connectivity index (χ1n) is 6.52. The number of hydrogen-bond acceptors (Lipinski definition) is 3. The molecule has 96 valence electrons. The van der Waals surface area contributed by atoms with E-state index in [1.54, 1.807) is 0 Å². The van der Waals surface area contributed by atoms with E-state index in [0.29, 0.717) is 11.8 Å². The minimum Gasteiger partial charge on any atom is -0.287 e. The van der Waals surface area contributed by atoms with Crippen molar-refractivity contribution in [2.45, 2.75) is 52.0 Å². The molecule has 2 aliphatic carbocycles. The molecule has 2 rings (SSSR count). The minimum absolute atomic E-state index is 0.00439. The van der Waals surface area contributed by atoms with E-state index in [-0.39, 0.29) is 21.2 Å². The van der Waals surface area contributed by atoms with Crippen LogP contribution in [-0.2, 0) is 4.79 Å². The van der Waals surface area contributed by atoms with E-state index in [1.165, 1.54) is 0 Å². The molecule has 0 bridgehead atoms. The summed E-state index contributed by atoms with van der Waals surface area (Å²) in [5.41, 5.74) is 0.164. The molecule has 3 nitrogen and oxygen atoms in total. The second kappa shape index (κ2) is 4.94. The largest absolute Gasteiger partial charge is 0.287 e. The summed E-state index contributed by atoms with van der Waals surface area (Å²) in [6.45, 7) is 4.33. The maximum Gasteiger partial charge on any atom is 0.195 e. The van der Waals surface area contributed by atoms with Gasteiger partial charge in [0.2, 0.25) is 0 Å². The summed E-state index contributed by atoms with van der Waals surface area (Å²) in [6, 6.07) is -0.00439. The zero-order valence-corrected chi connectivity index (χ0v) is 12.6. The molecule has 0 amide bonds. The Morgan fingerprint density at radius 3 is 2.71 bits per heavy atom. The van der Waals surface area contributed by atoms with Crippen LogP contribution in [0.25, 0.3) is 0 Å². The van der Waals surface area contributed by atoms with Gasteiger partial charge >= 0.3 is 0 Å². The van der Waals surface area contributed by atoms with Gasteiger partial charge in [0.05, 0.1) is 6.04 Å². The van der Waals surface area contributed by atoms with Gasteiger partial charge in [-0.05, 0) is 65.5 Å². The van der Waals surface area contributed by atoms with E-state index < -0.39 is 0 Å². The number of carbonyl (C=O) groups excluding carboxylic acids is 1. The topological polar surface area (TPSA) is 46.5 Å². The first kappa shape index (κ1) is 13.4. The third-order valence-electron chi connectivity index (χ3n) is 5.26. The fraction of sp³-hybridized carbons (Fsp3) is 0.923. The number of fused-ring (bicyclic) bond motifs is 1. The molecule has 5 atom stereocenters. The number of rotatable bonds is 3. The molecule has 0 aromatic heterocycles. The van der Waals surface area contributed by atoms with Crippen LogP contribution in [-0.4, -0.2) is 9.83 Å². The van der Waals surface area contributed by atoms with E-state index in [0.717, 1.165) is 32.1 Å². The smallest absolute Gasteiger partial charge is 0.195 e. The Bertz CT molecular complexity index is 333. The molecule has 17 heavy (non-hydrogen) atoms. The van der Waals surface area contributed by atoms with Crippen LogP contribution in [0.1, 0.15) is 46.0 Å². The lowest BCUT2D eigenvalue weighted by molar-refractivity contribution is -0.115. The van der Waals surface area contributed by atoms with Crippen molar-refractivity contribution in [1.82, 2.24) is 0 Å². The Morgan fingerprint density at radius 2 is 2.12 bits per heavy atom. The fourth-order valence-corrected chi connectivity index (χ4v) is 4.73. The Balaban J connectivity index is 2.23. The van der Waals surface area contributed by atoms with Crippen LogP contribution in [0.5, 0.6) is 0 Å². The molecule has 4 unspecified atom stereocenters. The minimum atomic E-state index is -0.00439. The summed E-state index contributed by atoms with van der Waals surface area (Å²) in [4.78, 5) is 22.5. The van der Waals surface area contributed by atoms with E-state index >= 15 is 0 Å². The predicted octanol–water partition coefficient (Wildman–Crippen LogP) is 3.94. The van der Waals surface area contributed by atoms with Gasteiger partial charge in [0.15, 0.2) is 3.79 Å². The molecule has 0 aromatic rings. The number of nitrogens with zero attached hydrogens (tertiary/aromatic N) is 1. The van der Waals surface area contributed by atoms with Crippen LogP contribution in [0, 0.1) is 28.1 Å². The Kier molecular flexibility index (Phi) is 3.90. The van der Waals surface area contributed by atoms with Gasteiger partial charge in [-0.1, -0.05) is 25.4 Å². The van der Waals surface area contributed by atoms with Crippen molar-refractivity contribution in [2.24, 2.45) is 28.3 Å². The molecule has 0 aliphatic heterocycles. The summed E-state index contributed by atoms with van der Waals surface area (Å²) in [5, 5.41) is 3.34. The summed E-state index contributed by atoms with van der Waals surface area (Å²) in [5.74, 6) is 0.981. The third-order valence-corrected chi connectivity index (χ3v) is 6.24. The molecule has 4 heteroatoms. The van der Waals surface area contributed by atoms with Gasteiger partial charge < -0.3 is 0 Å². The van der Waals surface area contributed by atoms with Crippen molar-refractivity contribution in [2.75, 3.05) is 0 Å². The predicted molar refractivity (Wildman–Crippen MR) is 75.9 cm³/mol. The average Bonchev–Trinajstić information content (AvgIpc) is 2.64. The van der Waals surface area contributed by atoms with Gasteiger partial charge in [-0.15, -0.1) is 0 Å².